The molecular weight excluding hydrogens is 414 g/mol. The first-order valence-corrected chi connectivity index (χ1v) is 11.0. The number of imidazole rings is 1. The normalized spacial score (nSPS) is 14.2. The summed E-state index contributed by atoms with van der Waals surface area (Å²) in [6, 6.07) is 20.3. The Balaban J connectivity index is 1.45. The standard InChI is InChI=1S/C26H25N5O2/c1-2-14-30-15-12-18(13-16-30)22-17-28-31-24(25(27)32)23(29-26(22)31)19-8-10-21(11-9-19)33-20-6-4-3-5-7-20/h3-11,17-18,29H,12-13,15-16H2,1H3,(H2,27,32). The van der Waals surface area contributed by atoms with Crippen molar-refractivity contribution in [1.82, 2.24) is 19.5 Å². The first kappa shape index (κ1) is 20.7. The van der Waals surface area contributed by atoms with E-state index in [1.807, 2.05) is 67.7 Å². The highest BCUT2D eigenvalue weighted by Crippen LogP contribution is 2.34. The summed E-state index contributed by atoms with van der Waals surface area (Å²) < 4.78 is 7.52. The van der Waals surface area contributed by atoms with Crippen molar-refractivity contribution >= 4 is 11.6 Å². The highest BCUT2D eigenvalue weighted by Gasteiger charge is 2.26. The van der Waals surface area contributed by atoms with Gasteiger partial charge in [-0.25, -0.2) is 4.52 Å². The van der Waals surface area contributed by atoms with Crippen LogP contribution >= 0.6 is 0 Å². The van der Waals surface area contributed by atoms with Gasteiger partial charge in [-0.15, -0.1) is 0 Å². The van der Waals surface area contributed by atoms with Gasteiger partial charge in [0.05, 0.1) is 11.9 Å². The van der Waals surface area contributed by atoms with Crippen LogP contribution in [-0.2, 0) is 0 Å². The minimum Gasteiger partial charge on any atom is -0.457 e. The minimum absolute atomic E-state index is 0.349. The summed E-state index contributed by atoms with van der Waals surface area (Å²) in [6.07, 6.45) is 3.83. The molecule has 2 aromatic carbocycles. The lowest BCUT2D eigenvalue weighted by Crippen LogP contribution is -2.29. The van der Waals surface area contributed by atoms with Gasteiger partial charge in [0.25, 0.3) is 5.91 Å². The van der Waals surface area contributed by atoms with Gasteiger partial charge in [0, 0.05) is 30.3 Å². The Hall–Kier alpha value is -4.18. The molecule has 0 radical (unpaired) electrons. The monoisotopic (exact) mass is 439 g/mol. The largest absolute Gasteiger partial charge is 0.457 e. The smallest absolute Gasteiger partial charge is 0.269 e. The number of carbonyl (C=O) groups is 1. The molecule has 3 heterocycles. The number of nitrogens with one attached hydrogen (secondary N) is 1. The third-order valence-corrected chi connectivity index (χ3v) is 6.05. The SMILES string of the molecule is CC#CN1CCC(c2cnn3c(C(N)=O)c(-c4ccc(Oc5ccccc5)cc4)[nH]c23)CC1. The average Bonchev–Trinajstić information content (AvgIpc) is 3.40. The van der Waals surface area contributed by atoms with E-state index in [4.69, 9.17) is 10.5 Å². The zero-order valence-electron chi connectivity index (χ0n) is 18.4. The number of aromatic nitrogens is 3. The lowest BCUT2D eigenvalue weighted by atomic mass is 9.91. The number of primary amides is 1. The Morgan fingerprint density at radius 1 is 1.09 bits per heavy atom. The third kappa shape index (κ3) is 4.03. The summed E-state index contributed by atoms with van der Waals surface area (Å²) >= 11 is 0. The van der Waals surface area contributed by atoms with E-state index >= 15 is 0 Å². The van der Waals surface area contributed by atoms with Crippen molar-refractivity contribution in [1.29, 1.82) is 0 Å². The summed E-state index contributed by atoms with van der Waals surface area (Å²) in [4.78, 5) is 18.0. The van der Waals surface area contributed by atoms with Crippen LogP contribution in [0, 0.1) is 12.0 Å². The van der Waals surface area contributed by atoms with Crippen LogP contribution in [0.5, 0.6) is 11.5 Å². The van der Waals surface area contributed by atoms with Gasteiger partial charge in [-0.05, 0) is 62.1 Å². The highest BCUT2D eigenvalue weighted by molar-refractivity contribution is 5.98. The van der Waals surface area contributed by atoms with E-state index in [-0.39, 0.29) is 0 Å². The van der Waals surface area contributed by atoms with Crippen LogP contribution in [0.25, 0.3) is 16.9 Å². The Kier molecular flexibility index (Phi) is 5.49. The topological polar surface area (TPSA) is 88.7 Å². The van der Waals surface area contributed by atoms with Crippen LogP contribution in [-0.4, -0.2) is 38.5 Å². The molecule has 0 atom stereocenters. The summed E-state index contributed by atoms with van der Waals surface area (Å²) in [6.45, 7) is 3.70. The van der Waals surface area contributed by atoms with Gasteiger partial charge >= 0.3 is 0 Å². The number of rotatable bonds is 5. The number of hydrogen-bond acceptors (Lipinski definition) is 4. The average molecular weight is 440 g/mol. The van der Waals surface area contributed by atoms with E-state index in [0.29, 0.717) is 23.1 Å². The first-order valence-electron chi connectivity index (χ1n) is 11.0. The van der Waals surface area contributed by atoms with Gasteiger partial charge < -0.3 is 20.4 Å². The molecule has 0 spiro atoms. The van der Waals surface area contributed by atoms with Crippen LogP contribution in [0.3, 0.4) is 0 Å². The third-order valence-electron chi connectivity index (χ3n) is 6.05. The van der Waals surface area contributed by atoms with E-state index in [1.54, 1.807) is 4.52 Å². The van der Waals surface area contributed by atoms with Crippen molar-refractivity contribution in [3.8, 4) is 34.7 Å². The molecule has 0 unspecified atom stereocenters. The van der Waals surface area contributed by atoms with Gasteiger partial charge in [-0.3, -0.25) is 4.79 Å². The summed E-state index contributed by atoms with van der Waals surface area (Å²) in [7, 11) is 0. The van der Waals surface area contributed by atoms with Crippen LogP contribution in [0.1, 0.15) is 41.7 Å². The van der Waals surface area contributed by atoms with Gasteiger partial charge in [0.1, 0.15) is 17.1 Å². The Labute approximate surface area is 192 Å². The molecule has 4 aromatic rings. The number of fused-ring (bicyclic) bond motifs is 1. The van der Waals surface area contributed by atoms with Gasteiger partial charge in [0.2, 0.25) is 0 Å². The molecule has 0 aliphatic carbocycles. The summed E-state index contributed by atoms with van der Waals surface area (Å²) in [5.41, 5.74) is 9.55. The maximum absolute atomic E-state index is 12.4. The second kappa shape index (κ2) is 8.75. The van der Waals surface area contributed by atoms with Crippen molar-refractivity contribution in [3.05, 3.63) is 72.1 Å². The van der Waals surface area contributed by atoms with E-state index in [2.05, 4.69) is 26.9 Å². The van der Waals surface area contributed by atoms with Crippen molar-refractivity contribution < 1.29 is 9.53 Å². The molecule has 0 saturated carbocycles. The molecular formula is C26H25N5O2. The Morgan fingerprint density at radius 3 is 2.45 bits per heavy atom. The second-order valence-electron chi connectivity index (χ2n) is 8.14. The number of carbonyl (C=O) groups excluding carboxylic acids is 1. The molecule has 7 nitrogen and oxygen atoms in total. The van der Waals surface area contributed by atoms with Crippen LogP contribution in [0.15, 0.2) is 60.8 Å². The Morgan fingerprint density at radius 2 is 1.79 bits per heavy atom. The van der Waals surface area contributed by atoms with E-state index < -0.39 is 5.91 Å². The zero-order chi connectivity index (χ0) is 22.8. The van der Waals surface area contributed by atoms with Gasteiger partial charge in [-0.1, -0.05) is 24.1 Å². The number of H-pyrrole nitrogens is 1. The predicted molar refractivity (Wildman–Crippen MR) is 127 cm³/mol. The molecule has 2 aromatic heterocycles. The van der Waals surface area contributed by atoms with Crippen LogP contribution in [0.4, 0.5) is 0 Å². The number of benzene rings is 2. The number of hydrogen-bond donors (Lipinski definition) is 2. The Bertz CT molecular complexity index is 1330. The molecule has 1 saturated heterocycles. The minimum atomic E-state index is -0.524. The number of aromatic amines is 1. The lowest BCUT2D eigenvalue weighted by molar-refractivity contribution is 0.0994. The molecule has 3 N–H and O–H groups in total. The number of amides is 1. The number of para-hydroxylation sites is 1. The molecule has 5 rings (SSSR count). The highest BCUT2D eigenvalue weighted by atomic mass is 16.5. The summed E-state index contributed by atoms with van der Waals surface area (Å²) in [5, 5.41) is 4.51. The molecule has 0 bridgehead atoms. The zero-order valence-corrected chi connectivity index (χ0v) is 18.4. The number of ether oxygens (including phenoxy) is 1. The number of piperidine rings is 1. The molecule has 166 valence electrons. The maximum Gasteiger partial charge on any atom is 0.269 e. The first-order chi connectivity index (χ1) is 16.1. The lowest BCUT2D eigenvalue weighted by Gasteiger charge is -2.28. The fourth-order valence-electron chi connectivity index (χ4n) is 4.45. The van der Waals surface area contributed by atoms with Gasteiger partial charge in [-0.2, -0.15) is 5.10 Å². The van der Waals surface area contributed by atoms with Crippen LogP contribution in [0.2, 0.25) is 0 Å². The van der Waals surface area contributed by atoms with E-state index in [1.165, 1.54) is 0 Å². The summed E-state index contributed by atoms with van der Waals surface area (Å²) in [5.74, 6) is 4.28. The van der Waals surface area contributed by atoms with Crippen LogP contribution < -0.4 is 10.5 Å². The fourth-order valence-corrected chi connectivity index (χ4v) is 4.45. The number of likely N-dealkylation sites (tertiary alicyclic amines) is 1. The molecule has 1 fully saturated rings. The quantitative estimate of drug-likeness (QED) is 0.452. The predicted octanol–water partition coefficient (Wildman–Crippen LogP) is 4.38. The van der Waals surface area contributed by atoms with Crippen molar-refractivity contribution in [2.45, 2.75) is 25.7 Å². The van der Waals surface area contributed by atoms with Crippen molar-refractivity contribution in [2.24, 2.45) is 5.73 Å². The molecule has 7 heteroatoms. The molecule has 1 aliphatic heterocycles. The number of nitrogens with two attached hydrogens (primary N) is 1. The maximum atomic E-state index is 12.4. The molecule has 1 amide bonds. The molecule has 33 heavy (non-hydrogen) atoms. The second-order valence-corrected chi connectivity index (χ2v) is 8.14. The number of nitrogens with zero attached hydrogens (tertiary/aromatic N) is 3. The molecule has 1 aliphatic rings. The fraction of sp³-hybridized carbons (Fsp3) is 0.231. The van der Waals surface area contributed by atoms with Crippen molar-refractivity contribution in [3.63, 3.8) is 0 Å². The van der Waals surface area contributed by atoms with Gasteiger partial charge in [0.15, 0.2) is 5.69 Å². The van der Waals surface area contributed by atoms with Crippen molar-refractivity contribution in [2.75, 3.05) is 13.1 Å². The van der Waals surface area contributed by atoms with E-state index in [0.717, 1.165) is 48.5 Å². The van der Waals surface area contributed by atoms with E-state index in [9.17, 15) is 4.79 Å².